The van der Waals surface area contributed by atoms with Crippen LogP contribution in [0.4, 0.5) is 4.39 Å². The average Bonchev–Trinajstić information content (AvgIpc) is 2.40. The van der Waals surface area contributed by atoms with Gasteiger partial charge in [-0.3, -0.25) is 0 Å². The highest BCUT2D eigenvalue weighted by atomic mass is 32.2. The fourth-order valence-electron chi connectivity index (χ4n) is 1.65. The van der Waals surface area contributed by atoms with Crippen LogP contribution in [0, 0.1) is 12.7 Å². The normalized spacial score (nSPS) is 10.4. The minimum atomic E-state index is -0.933. The van der Waals surface area contributed by atoms with Crippen molar-refractivity contribution in [1.82, 2.24) is 0 Å². The number of halogens is 1. The second-order valence-corrected chi connectivity index (χ2v) is 5.24. The highest BCUT2D eigenvalue weighted by molar-refractivity contribution is 7.98. The van der Waals surface area contributed by atoms with E-state index in [1.807, 2.05) is 6.92 Å². The predicted molar refractivity (Wildman–Crippen MR) is 74.1 cm³/mol. The van der Waals surface area contributed by atoms with E-state index in [0.29, 0.717) is 5.75 Å². The summed E-state index contributed by atoms with van der Waals surface area (Å²) in [5, 5.41) is 8.80. The second-order valence-electron chi connectivity index (χ2n) is 4.19. The minimum Gasteiger partial charge on any atom is -0.478 e. The third kappa shape index (κ3) is 3.58. The van der Waals surface area contributed by atoms with Crippen molar-refractivity contribution in [3.63, 3.8) is 0 Å². The van der Waals surface area contributed by atoms with Crippen LogP contribution in [0.25, 0.3) is 0 Å². The number of thioether (sulfide) groups is 1. The molecule has 0 atom stereocenters. The zero-order valence-corrected chi connectivity index (χ0v) is 11.2. The molecule has 0 radical (unpaired) electrons. The van der Waals surface area contributed by atoms with Crippen LogP contribution in [0.1, 0.15) is 21.5 Å². The number of aromatic carboxylic acids is 1. The number of benzene rings is 2. The summed E-state index contributed by atoms with van der Waals surface area (Å²) in [7, 11) is 0. The van der Waals surface area contributed by atoms with Gasteiger partial charge in [-0.25, -0.2) is 9.18 Å². The SMILES string of the molecule is Cc1ccc(F)cc1CSc1ccc(C(=O)O)cc1. The van der Waals surface area contributed by atoms with Crippen molar-refractivity contribution >= 4 is 17.7 Å². The Balaban J connectivity index is 2.06. The predicted octanol–water partition coefficient (Wildman–Crippen LogP) is 4.12. The molecule has 0 saturated heterocycles. The Labute approximate surface area is 115 Å². The number of rotatable bonds is 4. The van der Waals surface area contributed by atoms with Crippen molar-refractivity contribution in [1.29, 1.82) is 0 Å². The summed E-state index contributed by atoms with van der Waals surface area (Å²) in [6, 6.07) is 11.4. The molecule has 0 heterocycles. The summed E-state index contributed by atoms with van der Waals surface area (Å²) >= 11 is 1.56. The molecule has 0 aliphatic rings. The van der Waals surface area contributed by atoms with E-state index in [1.54, 1.807) is 42.1 Å². The quantitative estimate of drug-likeness (QED) is 0.853. The smallest absolute Gasteiger partial charge is 0.335 e. The van der Waals surface area contributed by atoms with Crippen LogP contribution in [-0.2, 0) is 5.75 Å². The third-order valence-corrected chi connectivity index (χ3v) is 3.87. The molecule has 2 nitrogen and oxygen atoms in total. The Morgan fingerprint density at radius 2 is 1.89 bits per heavy atom. The summed E-state index contributed by atoms with van der Waals surface area (Å²) in [5.41, 5.74) is 2.27. The van der Waals surface area contributed by atoms with E-state index in [1.165, 1.54) is 12.1 Å². The zero-order valence-electron chi connectivity index (χ0n) is 10.4. The van der Waals surface area contributed by atoms with Gasteiger partial charge in [0.25, 0.3) is 0 Å². The van der Waals surface area contributed by atoms with Crippen LogP contribution in [0.5, 0.6) is 0 Å². The first-order valence-corrected chi connectivity index (χ1v) is 6.76. The van der Waals surface area contributed by atoms with Gasteiger partial charge in [0.2, 0.25) is 0 Å². The molecular weight excluding hydrogens is 263 g/mol. The van der Waals surface area contributed by atoms with Gasteiger partial charge in [-0.2, -0.15) is 0 Å². The standard InChI is InChI=1S/C15H13FO2S/c1-10-2-5-13(16)8-12(10)9-19-14-6-3-11(4-7-14)15(17)18/h2-8H,9H2,1H3,(H,17,18). The fourth-order valence-corrected chi connectivity index (χ4v) is 2.61. The van der Waals surface area contributed by atoms with Crippen LogP contribution in [-0.4, -0.2) is 11.1 Å². The van der Waals surface area contributed by atoms with Gasteiger partial charge in [0.1, 0.15) is 5.82 Å². The Morgan fingerprint density at radius 3 is 2.53 bits per heavy atom. The summed E-state index contributed by atoms with van der Waals surface area (Å²) in [4.78, 5) is 11.7. The number of hydrogen-bond donors (Lipinski definition) is 1. The first-order chi connectivity index (χ1) is 9.06. The number of aryl methyl sites for hydroxylation is 1. The molecule has 0 spiro atoms. The van der Waals surface area contributed by atoms with E-state index in [4.69, 9.17) is 5.11 Å². The molecule has 2 aromatic carbocycles. The summed E-state index contributed by atoms with van der Waals surface area (Å²) < 4.78 is 13.1. The van der Waals surface area contributed by atoms with Gasteiger partial charge in [0, 0.05) is 10.6 Å². The van der Waals surface area contributed by atoms with Crippen molar-refractivity contribution in [2.75, 3.05) is 0 Å². The summed E-state index contributed by atoms with van der Waals surface area (Å²) in [6.45, 7) is 1.95. The lowest BCUT2D eigenvalue weighted by Crippen LogP contribution is -1.94. The number of hydrogen-bond acceptors (Lipinski definition) is 2. The molecule has 0 saturated carbocycles. The maximum atomic E-state index is 13.1. The average molecular weight is 276 g/mol. The van der Waals surface area contributed by atoms with Gasteiger partial charge < -0.3 is 5.11 Å². The van der Waals surface area contributed by atoms with Gasteiger partial charge in [0.15, 0.2) is 0 Å². The van der Waals surface area contributed by atoms with E-state index in [0.717, 1.165) is 16.0 Å². The molecule has 2 rings (SSSR count). The fraction of sp³-hybridized carbons (Fsp3) is 0.133. The van der Waals surface area contributed by atoms with E-state index < -0.39 is 5.97 Å². The Hall–Kier alpha value is -1.81. The Kier molecular flexibility index (Phi) is 4.22. The minimum absolute atomic E-state index is 0.234. The molecule has 0 aromatic heterocycles. The van der Waals surface area contributed by atoms with E-state index in [2.05, 4.69) is 0 Å². The number of carbonyl (C=O) groups is 1. The molecule has 98 valence electrons. The first kappa shape index (κ1) is 13.6. The van der Waals surface area contributed by atoms with Crippen molar-refractivity contribution in [2.45, 2.75) is 17.6 Å². The molecule has 2 aromatic rings. The highest BCUT2D eigenvalue weighted by Crippen LogP contribution is 2.25. The van der Waals surface area contributed by atoms with Crippen LogP contribution >= 0.6 is 11.8 Å². The first-order valence-electron chi connectivity index (χ1n) is 5.77. The molecular formula is C15H13FO2S. The topological polar surface area (TPSA) is 37.3 Å². The molecule has 0 unspecified atom stereocenters. The maximum absolute atomic E-state index is 13.1. The Bertz CT molecular complexity index is 594. The molecule has 0 fully saturated rings. The van der Waals surface area contributed by atoms with E-state index >= 15 is 0 Å². The van der Waals surface area contributed by atoms with Crippen molar-refractivity contribution in [3.05, 3.63) is 65.0 Å². The van der Waals surface area contributed by atoms with Crippen LogP contribution in [0.2, 0.25) is 0 Å². The van der Waals surface area contributed by atoms with Gasteiger partial charge in [-0.15, -0.1) is 11.8 Å². The number of carboxylic acids is 1. The number of carboxylic acid groups (broad SMARTS) is 1. The van der Waals surface area contributed by atoms with Crippen LogP contribution in [0.3, 0.4) is 0 Å². The van der Waals surface area contributed by atoms with Gasteiger partial charge in [-0.1, -0.05) is 6.07 Å². The molecule has 0 amide bonds. The third-order valence-electron chi connectivity index (χ3n) is 2.81. The van der Waals surface area contributed by atoms with Crippen molar-refractivity contribution in [2.24, 2.45) is 0 Å². The van der Waals surface area contributed by atoms with E-state index in [9.17, 15) is 9.18 Å². The molecule has 19 heavy (non-hydrogen) atoms. The Morgan fingerprint density at radius 1 is 1.21 bits per heavy atom. The summed E-state index contributed by atoms with van der Waals surface area (Å²) in [6.07, 6.45) is 0. The monoisotopic (exact) mass is 276 g/mol. The van der Waals surface area contributed by atoms with Crippen molar-refractivity contribution < 1.29 is 14.3 Å². The van der Waals surface area contributed by atoms with E-state index in [-0.39, 0.29) is 11.4 Å². The zero-order chi connectivity index (χ0) is 13.8. The lowest BCUT2D eigenvalue weighted by atomic mass is 10.1. The van der Waals surface area contributed by atoms with Gasteiger partial charge in [-0.05, 0) is 54.4 Å². The summed E-state index contributed by atoms with van der Waals surface area (Å²) in [5.74, 6) is -0.504. The second kappa shape index (κ2) is 5.89. The van der Waals surface area contributed by atoms with Gasteiger partial charge in [0.05, 0.1) is 5.56 Å². The molecule has 4 heteroatoms. The maximum Gasteiger partial charge on any atom is 0.335 e. The highest BCUT2D eigenvalue weighted by Gasteiger charge is 2.04. The van der Waals surface area contributed by atoms with Gasteiger partial charge >= 0.3 is 5.97 Å². The molecule has 1 N–H and O–H groups in total. The lowest BCUT2D eigenvalue weighted by molar-refractivity contribution is 0.0697. The molecule has 0 aliphatic carbocycles. The molecule has 0 bridgehead atoms. The lowest BCUT2D eigenvalue weighted by Gasteiger charge is -2.06. The largest absolute Gasteiger partial charge is 0.478 e. The van der Waals surface area contributed by atoms with Crippen LogP contribution in [0.15, 0.2) is 47.4 Å². The molecule has 0 aliphatic heterocycles. The van der Waals surface area contributed by atoms with Crippen LogP contribution < -0.4 is 0 Å². The van der Waals surface area contributed by atoms with Crippen molar-refractivity contribution in [3.8, 4) is 0 Å².